The van der Waals surface area contributed by atoms with Crippen molar-refractivity contribution < 1.29 is 23.4 Å². The van der Waals surface area contributed by atoms with Crippen LogP contribution in [-0.2, 0) is 19.3 Å². The number of rotatable bonds is 2. The molecule has 22 heavy (non-hydrogen) atoms. The second-order valence-electron chi connectivity index (χ2n) is 4.81. The molecule has 1 amide bonds. The van der Waals surface area contributed by atoms with Gasteiger partial charge < -0.3 is 0 Å². The predicted octanol–water partition coefficient (Wildman–Crippen LogP) is 3.37. The highest BCUT2D eigenvalue weighted by Gasteiger charge is 2.30. The Kier molecular flexibility index (Phi) is 2.58. The van der Waals surface area contributed by atoms with Crippen molar-refractivity contribution in [3.05, 3.63) is 70.7 Å². The molecule has 0 saturated heterocycles. The molecule has 2 aromatic rings. The molecule has 1 N–H and O–H groups in total. The molecule has 0 aromatic heterocycles. The maximum atomic E-state index is 13.0. The quantitative estimate of drug-likeness (QED) is 0.922. The molecule has 0 bridgehead atoms. The van der Waals surface area contributed by atoms with Crippen molar-refractivity contribution in [1.82, 2.24) is 10.4 Å². The fourth-order valence-corrected chi connectivity index (χ4v) is 2.18. The van der Waals surface area contributed by atoms with Crippen LogP contribution in [0.1, 0.15) is 32.5 Å². The molecule has 114 valence electrons. The van der Waals surface area contributed by atoms with E-state index in [-0.39, 0.29) is 0 Å². The van der Waals surface area contributed by atoms with Crippen LogP contribution in [0.5, 0.6) is 0 Å². The molecule has 0 fully saturated rings. The second kappa shape index (κ2) is 5.46. The van der Waals surface area contributed by atoms with Crippen molar-refractivity contribution in [2.75, 3.05) is 0 Å². The van der Waals surface area contributed by atoms with Gasteiger partial charge in [0.1, 0.15) is 0 Å². The summed E-state index contributed by atoms with van der Waals surface area (Å²) < 4.78 is 69.3. The first-order chi connectivity index (χ1) is 12.1. The lowest BCUT2D eigenvalue weighted by Gasteiger charge is -2.16. The van der Waals surface area contributed by atoms with E-state index in [4.69, 9.17) is 5.48 Å². The van der Waals surface area contributed by atoms with Gasteiger partial charge in [0.15, 0.2) is 0 Å². The summed E-state index contributed by atoms with van der Waals surface area (Å²) in [6.45, 7) is 0.732. The molecule has 0 aliphatic carbocycles. The maximum Gasteiger partial charge on any atom is 0.416 e. The average Bonchev–Trinajstić information content (AvgIpc) is 2.94. The number of carbonyl (C=O) groups excluding carboxylic acids is 1. The van der Waals surface area contributed by atoms with Crippen molar-refractivity contribution in [2.45, 2.75) is 19.3 Å². The second-order valence-corrected chi connectivity index (χ2v) is 4.81. The SMILES string of the molecule is [2H]c1c([2H])c(C(F)(F)F)c([2H])c([2H])c1C(=O)NN1Cc2ccccc2C1. The minimum atomic E-state index is -5.05. The molecule has 0 radical (unpaired) electrons. The molecule has 2 aromatic carbocycles. The molecule has 3 rings (SSSR count). The Morgan fingerprint density at radius 2 is 1.64 bits per heavy atom. The Balaban J connectivity index is 1.92. The Hall–Kier alpha value is -2.34. The summed E-state index contributed by atoms with van der Waals surface area (Å²) in [5, 5.41) is 1.50. The number of amides is 1. The fourth-order valence-electron chi connectivity index (χ4n) is 2.18. The number of hydrogen-bond acceptors (Lipinski definition) is 2. The minimum Gasteiger partial charge on any atom is -0.284 e. The lowest BCUT2D eigenvalue weighted by Crippen LogP contribution is -2.38. The van der Waals surface area contributed by atoms with E-state index in [9.17, 15) is 18.0 Å². The van der Waals surface area contributed by atoms with E-state index >= 15 is 0 Å². The molecular weight excluding hydrogens is 293 g/mol. The van der Waals surface area contributed by atoms with Crippen LogP contribution in [0.25, 0.3) is 0 Å². The molecular formula is C16H13F3N2O. The van der Waals surface area contributed by atoms with Crippen molar-refractivity contribution in [2.24, 2.45) is 0 Å². The molecule has 1 aliphatic rings. The number of hydrazine groups is 1. The van der Waals surface area contributed by atoms with Gasteiger partial charge in [-0.1, -0.05) is 24.3 Å². The van der Waals surface area contributed by atoms with E-state index in [0.717, 1.165) is 11.1 Å². The lowest BCUT2D eigenvalue weighted by molar-refractivity contribution is -0.137. The summed E-state index contributed by atoms with van der Waals surface area (Å²) in [5.74, 6) is -0.983. The summed E-state index contributed by atoms with van der Waals surface area (Å²) in [7, 11) is 0. The fraction of sp³-hybridized carbons (Fsp3) is 0.188. The number of carbonyl (C=O) groups is 1. The van der Waals surface area contributed by atoms with Crippen LogP contribution < -0.4 is 5.43 Å². The standard InChI is InChI=1S/C16H13F3N2O/c17-16(18,19)14-7-5-11(6-8-14)15(22)20-21-9-12-3-1-2-4-13(12)10-21/h1-8H,9-10H2,(H,20,22)/i5D,6D,7D,8D. The van der Waals surface area contributed by atoms with Gasteiger partial charge in [0.05, 0.1) is 11.0 Å². The molecule has 0 atom stereocenters. The summed E-state index contributed by atoms with van der Waals surface area (Å²) in [6, 6.07) is 2.80. The zero-order valence-corrected chi connectivity index (χ0v) is 11.2. The Morgan fingerprint density at radius 3 is 2.14 bits per heavy atom. The summed E-state index contributed by atoms with van der Waals surface area (Å²) in [6.07, 6.45) is -5.05. The first-order valence-corrected chi connectivity index (χ1v) is 6.41. The Morgan fingerprint density at radius 1 is 1.09 bits per heavy atom. The van der Waals surface area contributed by atoms with Gasteiger partial charge in [0.2, 0.25) is 0 Å². The van der Waals surface area contributed by atoms with Crippen molar-refractivity contribution in [3.8, 4) is 0 Å². The summed E-state index contributed by atoms with van der Waals surface area (Å²) in [5.41, 5.74) is 1.99. The molecule has 0 unspecified atom stereocenters. The van der Waals surface area contributed by atoms with Crippen LogP contribution in [-0.4, -0.2) is 10.9 Å². The molecule has 0 spiro atoms. The van der Waals surface area contributed by atoms with Gasteiger partial charge in [0.25, 0.3) is 5.91 Å². The van der Waals surface area contributed by atoms with Crippen molar-refractivity contribution in [3.63, 3.8) is 0 Å². The number of nitrogens with zero attached hydrogens (tertiary/aromatic N) is 1. The van der Waals surface area contributed by atoms with Crippen molar-refractivity contribution in [1.29, 1.82) is 0 Å². The summed E-state index contributed by atoms with van der Waals surface area (Å²) >= 11 is 0. The van der Waals surface area contributed by atoms with Crippen molar-refractivity contribution >= 4 is 5.91 Å². The van der Waals surface area contributed by atoms with Crippen LogP contribution in [0.15, 0.2) is 48.4 Å². The van der Waals surface area contributed by atoms with E-state index < -0.39 is 47.4 Å². The van der Waals surface area contributed by atoms with Gasteiger partial charge in [0, 0.05) is 18.7 Å². The summed E-state index contributed by atoms with van der Waals surface area (Å²) in [4.78, 5) is 12.4. The van der Waals surface area contributed by atoms with E-state index in [1.807, 2.05) is 24.3 Å². The van der Waals surface area contributed by atoms with E-state index in [1.165, 1.54) is 5.01 Å². The van der Waals surface area contributed by atoms with Crippen LogP contribution in [0, 0.1) is 0 Å². The van der Waals surface area contributed by atoms with Crippen LogP contribution >= 0.6 is 0 Å². The van der Waals surface area contributed by atoms with Crippen LogP contribution in [0.2, 0.25) is 0 Å². The van der Waals surface area contributed by atoms with Gasteiger partial charge >= 0.3 is 6.18 Å². The first kappa shape index (κ1) is 10.4. The molecule has 0 saturated carbocycles. The first-order valence-electron chi connectivity index (χ1n) is 8.41. The number of alkyl halides is 3. The topological polar surface area (TPSA) is 32.3 Å². The third kappa shape index (κ3) is 2.96. The number of fused-ring (bicyclic) bond motifs is 1. The van der Waals surface area contributed by atoms with Gasteiger partial charge in [-0.25, -0.2) is 5.01 Å². The van der Waals surface area contributed by atoms with E-state index in [1.54, 1.807) is 0 Å². The van der Waals surface area contributed by atoms with E-state index in [2.05, 4.69) is 5.43 Å². The number of halogens is 3. The zero-order valence-electron chi connectivity index (χ0n) is 15.2. The highest BCUT2D eigenvalue weighted by molar-refractivity contribution is 5.93. The lowest BCUT2D eigenvalue weighted by atomic mass is 10.1. The predicted molar refractivity (Wildman–Crippen MR) is 74.6 cm³/mol. The minimum absolute atomic E-state index is 0.366. The third-order valence-electron chi connectivity index (χ3n) is 3.24. The molecule has 3 nitrogen and oxygen atoms in total. The average molecular weight is 310 g/mol. The van der Waals surface area contributed by atoms with Crippen LogP contribution in [0.3, 0.4) is 0 Å². The van der Waals surface area contributed by atoms with E-state index in [0.29, 0.717) is 13.1 Å². The number of hydrogen-bond donors (Lipinski definition) is 1. The molecule has 1 aliphatic heterocycles. The van der Waals surface area contributed by atoms with Gasteiger partial charge in [-0.3, -0.25) is 10.2 Å². The zero-order chi connectivity index (χ0) is 19.2. The smallest absolute Gasteiger partial charge is 0.284 e. The number of nitrogens with one attached hydrogen (secondary N) is 1. The Bertz CT molecular complexity index is 848. The largest absolute Gasteiger partial charge is 0.416 e. The highest BCUT2D eigenvalue weighted by Crippen LogP contribution is 2.29. The maximum absolute atomic E-state index is 13.0. The van der Waals surface area contributed by atoms with Gasteiger partial charge in [-0.05, 0) is 35.3 Å². The Labute approximate surface area is 131 Å². The monoisotopic (exact) mass is 310 g/mol. The third-order valence-corrected chi connectivity index (χ3v) is 3.24. The normalized spacial score (nSPS) is 17.2. The van der Waals surface area contributed by atoms with Gasteiger partial charge in [-0.15, -0.1) is 0 Å². The number of benzene rings is 2. The highest BCUT2D eigenvalue weighted by atomic mass is 19.4. The van der Waals surface area contributed by atoms with Gasteiger partial charge in [-0.2, -0.15) is 13.2 Å². The van der Waals surface area contributed by atoms with Crippen LogP contribution in [0.4, 0.5) is 13.2 Å². The molecule has 6 heteroatoms. The molecule has 1 heterocycles.